The summed E-state index contributed by atoms with van der Waals surface area (Å²) in [4.78, 5) is 10.5. The molecule has 0 bridgehead atoms. The van der Waals surface area contributed by atoms with Gasteiger partial charge in [-0.05, 0) is 56.1 Å². The quantitative estimate of drug-likeness (QED) is 0.837. The Morgan fingerprint density at radius 2 is 2.24 bits per heavy atom. The number of rotatable bonds is 4. The number of nitrogens with zero attached hydrogens (tertiary/aromatic N) is 3. The van der Waals surface area contributed by atoms with Gasteiger partial charge in [-0.15, -0.1) is 0 Å². The molecule has 5 heteroatoms. The molecule has 0 aliphatic carbocycles. The lowest BCUT2D eigenvalue weighted by atomic mass is 9.97. The van der Waals surface area contributed by atoms with Crippen molar-refractivity contribution in [2.75, 3.05) is 31.5 Å². The van der Waals surface area contributed by atoms with Crippen molar-refractivity contribution in [2.45, 2.75) is 19.8 Å². The van der Waals surface area contributed by atoms with E-state index in [4.69, 9.17) is 11.6 Å². The summed E-state index contributed by atoms with van der Waals surface area (Å²) in [6, 6.07) is 1.85. The number of aromatic nitrogens is 2. The van der Waals surface area contributed by atoms with E-state index in [2.05, 4.69) is 27.1 Å². The molecule has 0 aromatic carbocycles. The first-order chi connectivity index (χ1) is 8.28. The van der Waals surface area contributed by atoms with Crippen LogP contribution in [0.3, 0.4) is 0 Å². The van der Waals surface area contributed by atoms with Crippen molar-refractivity contribution >= 4 is 17.4 Å². The Hall–Kier alpha value is -0.870. The number of likely N-dealkylation sites (tertiary alicyclic amines) is 1. The Kier molecular flexibility index (Phi) is 4.57. The molecule has 2 heterocycles. The van der Waals surface area contributed by atoms with Crippen LogP contribution in [0.15, 0.2) is 12.3 Å². The van der Waals surface area contributed by atoms with Crippen molar-refractivity contribution in [2.24, 2.45) is 5.92 Å². The first-order valence-electron chi connectivity index (χ1n) is 6.22. The molecule has 1 aromatic rings. The maximum absolute atomic E-state index is 5.74. The van der Waals surface area contributed by atoms with Crippen LogP contribution in [-0.4, -0.2) is 41.0 Å². The first kappa shape index (κ1) is 12.6. The van der Waals surface area contributed by atoms with Crippen molar-refractivity contribution in [1.29, 1.82) is 0 Å². The van der Waals surface area contributed by atoms with Gasteiger partial charge in [-0.25, -0.2) is 9.97 Å². The zero-order chi connectivity index (χ0) is 12.1. The molecule has 0 unspecified atom stereocenters. The zero-order valence-corrected chi connectivity index (χ0v) is 11.0. The standard InChI is InChI=1S/C12H19ClN4/c1-2-17-7-4-10(5-8-17)9-15-11-3-6-14-12(13)16-11/h3,6,10H,2,4-5,7-9H2,1H3,(H,14,15,16). The van der Waals surface area contributed by atoms with Crippen molar-refractivity contribution in [1.82, 2.24) is 14.9 Å². The van der Waals surface area contributed by atoms with Crippen LogP contribution in [0.5, 0.6) is 0 Å². The van der Waals surface area contributed by atoms with Gasteiger partial charge in [0, 0.05) is 12.7 Å². The van der Waals surface area contributed by atoms with Crippen LogP contribution in [0.2, 0.25) is 5.28 Å². The molecule has 17 heavy (non-hydrogen) atoms. The molecule has 1 saturated heterocycles. The molecule has 1 aliphatic rings. The summed E-state index contributed by atoms with van der Waals surface area (Å²) >= 11 is 5.74. The summed E-state index contributed by atoms with van der Waals surface area (Å²) in [7, 11) is 0. The Morgan fingerprint density at radius 3 is 2.88 bits per heavy atom. The van der Waals surface area contributed by atoms with Crippen molar-refractivity contribution < 1.29 is 0 Å². The first-order valence-corrected chi connectivity index (χ1v) is 6.60. The Morgan fingerprint density at radius 1 is 1.47 bits per heavy atom. The smallest absolute Gasteiger partial charge is 0.224 e. The molecule has 94 valence electrons. The number of nitrogens with one attached hydrogen (secondary N) is 1. The van der Waals surface area contributed by atoms with E-state index in [1.165, 1.54) is 32.5 Å². The lowest BCUT2D eigenvalue weighted by molar-refractivity contribution is 0.198. The predicted octanol–water partition coefficient (Wildman–Crippen LogP) is 2.27. The van der Waals surface area contributed by atoms with Crippen molar-refractivity contribution in [3.8, 4) is 0 Å². The lowest BCUT2D eigenvalue weighted by Crippen LogP contribution is -2.35. The van der Waals surface area contributed by atoms with E-state index in [1.54, 1.807) is 6.20 Å². The zero-order valence-electron chi connectivity index (χ0n) is 10.2. The molecule has 0 radical (unpaired) electrons. The van der Waals surface area contributed by atoms with E-state index in [9.17, 15) is 0 Å². The molecule has 2 rings (SSSR count). The lowest BCUT2D eigenvalue weighted by Gasteiger charge is -2.31. The Bertz CT molecular complexity index is 350. The minimum absolute atomic E-state index is 0.302. The third-order valence-electron chi connectivity index (χ3n) is 3.35. The molecular weight excluding hydrogens is 236 g/mol. The normalized spacial score (nSPS) is 18.2. The average molecular weight is 255 g/mol. The highest BCUT2D eigenvalue weighted by molar-refractivity contribution is 6.28. The second-order valence-electron chi connectivity index (χ2n) is 4.47. The van der Waals surface area contributed by atoms with Gasteiger partial charge in [0.15, 0.2) is 0 Å². The second-order valence-corrected chi connectivity index (χ2v) is 4.81. The van der Waals surface area contributed by atoms with Crippen LogP contribution in [0.4, 0.5) is 5.82 Å². The van der Waals surface area contributed by atoms with Gasteiger partial charge >= 0.3 is 0 Å². The number of anilines is 1. The number of hydrogen-bond acceptors (Lipinski definition) is 4. The summed E-state index contributed by atoms with van der Waals surface area (Å²) in [6.45, 7) is 6.80. The van der Waals surface area contributed by atoms with E-state index in [0.717, 1.165) is 18.3 Å². The second kappa shape index (κ2) is 6.17. The maximum Gasteiger partial charge on any atom is 0.224 e. The SMILES string of the molecule is CCN1CCC(CNc2ccnc(Cl)n2)CC1. The van der Waals surface area contributed by atoms with Gasteiger partial charge < -0.3 is 10.2 Å². The van der Waals surface area contributed by atoms with E-state index in [0.29, 0.717) is 5.28 Å². The minimum Gasteiger partial charge on any atom is -0.370 e. The van der Waals surface area contributed by atoms with Crippen LogP contribution in [0.25, 0.3) is 0 Å². The molecule has 0 amide bonds. The molecule has 0 saturated carbocycles. The largest absolute Gasteiger partial charge is 0.370 e. The molecule has 1 fully saturated rings. The van der Waals surface area contributed by atoms with E-state index < -0.39 is 0 Å². The minimum atomic E-state index is 0.302. The topological polar surface area (TPSA) is 41.0 Å². The number of hydrogen-bond donors (Lipinski definition) is 1. The van der Waals surface area contributed by atoms with E-state index in [1.807, 2.05) is 6.07 Å². The summed E-state index contributed by atoms with van der Waals surface area (Å²) < 4.78 is 0. The van der Waals surface area contributed by atoms with Gasteiger partial charge in [0.1, 0.15) is 5.82 Å². The van der Waals surface area contributed by atoms with Crippen LogP contribution >= 0.6 is 11.6 Å². The molecule has 0 atom stereocenters. The Balaban J connectivity index is 1.76. The molecule has 1 aromatic heterocycles. The fraction of sp³-hybridized carbons (Fsp3) is 0.667. The fourth-order valence-corrected chi connectivity index (χ4v) is 2.34. The highest BCUT2D eigenvalue weighted by Crippen LogP contribution is 2.17. The van der Waals surface area contributed by atoms with Gasteiger partial charge in [0.25, 0.3) is 0 Å². The van der Waals surface area contributed by atoms with E-state index >= 15 is 0 Å². The van der Waals surface area contributed by atoms with Crippen LogP contribution in [0, 0.1) is 5.92 Å². The van der Waals surface area contributed by atoms with Crippen LogP contribution in [-0.2, 0) is 0 Å². The monoisotopic (exact) mass is 254 g/mol. The highest BCUT2D eigenvalue weighted by atomic mass is 35.5. The van der Waals surface area contributed by atoms with E-state index in [-0.39, 0.29) is 0 Å². The fourth-order valence-electron chi connectivity index (χ4n) is 2.19. The molecular formula is C12H19ClN4. The van der Waals surface area contributed by atoms with Gasteiger partial charge in [0.2, 0.25) is 5.28 Å². The Labute approximate surface area is 107 Å². The predicted molar refractivity (Wildman–Crippen MR) is 70.4 cm³/mol. The van der Waals surface area contributed by atoms with Gasteiger partial charge in [-0.2, -0.15) is 0 Å². The molecule has 1 aliphatic heterocycles. The van der Waals surface area contributed by atoms with Crippen molar-refractivity contribution in [3.63, 3.8) is 0 Å². The average Bonchev–Trinajstić information content (AvgIpc) is 2.37. The van der Waals surface area contributed by atoms with Gasteiger partial charge in [0.05, 0.1) is 0 Å². The highest BCUT2D eigenvalue weighted by Gasteiger charge is 2.17. The number of halogens is 1. The van der Waals surface area contributed by atoms with Crippen LogP contribution < -0.4 is 5.32 Å². The molecule has 4 nitrogen and oxygen atoms in total. The summed E-state index contributed by atoms with van der Waals surface area (Å²) in [6.07, 6.45) is 4.21. The summed E-state index contributed by atoms with van der Waals surface area (Å²) in [5, 5.41) is 3.64. The number of piperidine rings is 1. The summed E-state index contributed by atoms with van der Waals surface area (Å²) in [5.74, 6) is 1.56. The van der Waals surface area contributed by atoms with Crippen molar-refractivity contribution in [3.05, 3.63) is 17.5 Å². The summed E-state index contributed by atoms with van der Waals surface area (Å²) in [5.41, 5.74) is 0. The van der Waals surface area contributed by atoms with Crippen LogP contribution in [0.1, 0.15) is 19.8 Å². The van der Waals surface area contributed by atoms with Gasteiger partial charge in [-0.1, -0.05) is 6.92 Å². The molecule has 0 spiro atoms. The third-order valence-corrected chi connectivity index (χ3v) is 3.53. The van der Waals surface area contributed by atoms with Gasteiger partial charge in [-0.3, -0.25) is 0 Å². The third kappa shape index (κ3) is 3.82. The molecule has 1 N–H and O–H groups in total. The maximum atomic E-state index is 5.74.